The summed E-state index contributed by atoms with van der Waals surface area (Å²) in [6.45, 7) is 2.36. The van der Waals surface area contributed by atoms with Gasteiger partial charge in [-0.15, -0.1) is 0 Å². The summed E-state index contributed by atoms with van der Waals surface area (Å²) in [5.74, 6) is -0.901. The summed E-state index contributed by atoms with van der Waals surface area (Å²) >= 11 is 0. The minimum Gasteiger partial charge on any atom is -0.493 e. The number of nitrogens with zero attached hydrogens (tertiary/aromatic N) is 1. The summed E-state index contributed by atoms with van der Waals surface area (Å²) in [5, 5.41) is 3.24. The molecule has 8 nitrogen and oxygen atoms in total. The van der Waals surface area contributed by atoms with E-state index in [4.69, 9.17) is 24.0 Å². The van der Waals surface area contributed by atoms with E-state index in [0.29, 0.717) is 18.7 Å². The minimum atomic E-state index is -4.84. The Morgan fingerprint density at radius 1 is 1.29 bits per heavy atom. The molecular weight excluding hydrogens is 402 g/mol. The number of aromatic nitrogens is 1. The first-order valence-electron chi connectivity index (χ1n) is 8.48. The zero-order chi connectivity index (χ0) is 20.3. The van der Waals surface area contributed by atoms with Crippen LogP contribution in [0.15, 0.2) is 6.07 Å². The Labute approximate surface area is 157 Å². The zero-order valence-electron chi connectivity index (χ0n) is 14.9. The highest BCUT2D eigenvalue weighted by atomic mass is 31.2. The van der Waals surface area contributed by atoms with Crippen molar-refractivity contribution >= 4 is 24.4 Å². The van der Waals surface area contributed by atoms with Gasteiger partial charge in [-0.05, 0) is 26.3 Å². The molecule has 1 aromatic heterocycles. The van der Waals surface area contributed by atoms with Crippen molar-refractivity contribution in [2.24, 2.45) is 5.73 Å². The molecule has 4 rings (SSSR count). The minimum absolute atomic E-state index is 0.0257. The molecular formula is C16H17F3N3O5P. The molecule has 0 fully saturated rings. The number of benzene rings is 1. The number of alkyl halides is 3. The molecule has 0 radical (unpaired) electrons. The number of anilines is 1. The van der Waals surface area contributed by atoms with Crippen LogP contribution in [0.5, 0.6) is 23.0 Å². The topological polar surface area (TPSA) is 105 Å². The quantitative estimate of drug-likeness (QED) is 0.675. The fourth-order valence-corrected chi connectivity index (χ4v) is 4.52. The van der Waals surface area contributed by atoms with Crippen molar-refractivity contribution in [1.29, 1.82) is 0 Å². The molecule has 0 aliphatic carbocycles. The highest BCUT2D eigenvalue weighted by molar-refractivity contribution is 7.50. The van der Waals surface area contributed by atoms with Crippen LogP contribution in [0.2, 0.25) is 0 Å². The van der Waals surface area contributed by atoms with Gasteiger partial charge < -0.3 is 29.4 Å². The van der Waals surface area contributed by atoms with Crippen LogP contribution >= 0.6 is 7.82 Å². The first kappa shape index (κ1) is 18.9. The zero-order valence-corrected chi connectivity index (χ0v) is 15.8. The highest BCUT2D eigenvalue weighted by Crippen LogP contribution is 2.69. The van der Waals surface area contributed by atoms with Crippen LogP contribution in [-0.2, 0) is 10.7 Å². The van der Waals surface area contributed by atoms with Crippen molar-refractivity contribution in [2.45, 2.75) is 32.0 Å². The Bertz CT molecular complexity index is 1010. The molecule has 0 saturated carbocycles. The second-order valence-corrected chi connectivity index (χ2v) is 7.94. The summed E-state index contributed by atoms with van der Waals surface area (Å²) in [5.41, 5.74) is 4.44. The third-order valence-corrected chi connectivity index (χ3v) is 5.65. The number of rotatable bonds is 6. The first-order chi connectivity index (χ1) is 13.2. The molecule has 2 aliphatic rings. The number of nitrogens with one attached hydrogen (secondary N) is 1. The molecule has 0 amide bonds. The molecule has 1 aromatic carbocycles. The van der Waals surface area contributed by atoms with Crippen LogP contribution in [0.4, 0.5) is 18.9 Å². The number of nitrogens with two attached hydrogens (primary N) is 1. The normalized spacial score (nSPS) is 20.5. The van der Waals surface area contributed by atoms with Crippen molar-refractivity contribution < 1.29 is 36.0 Å². The molecule has 0 spiro atoms. The van der Waals surface area contributed by atoms with Crippen molar-refractivity contribution in [3.8, 4) is 23.0 Å². The van der Waals surface area contributed by atoms with Crippen molar-refractivity contribution in [2.75, 3.05) is 19.0 Å². The van der Waals surface area contributed by atoms with E-state index >= 15 is 0 Å². The fraction of sp³-hybridized carbons (Fsp3) is 0.438. The number of ether oxygens (including phenoxy) is 1. The second kappa shape index (κ2) is 6.31. The number of pyridine rings is 1. The molecule has 2 aliphatic heterocycles. The van der Waals surface area contributed by atoms with Gasteiger partial charge in [-0.25, -0.2) is 4.98 Å². The van der Waals surface area contributed by atoms with Crippen molar-refractivity contribution in [3.63, 3.8) is 0 Å². The second-order valence-electron chi connectivity index (χ2n) is 6.49. The predicted octanol–water partition coefficient (Wildman–Crippen LogP) is 4.07. The maximum absolute atomic E-state index is 13.6. The summed E-state index contributed by atoms with van der Waals surface area (Å²) in [6, 6.07) is 1.35. The fourth-order valence-electron chi connectivity index (χ4n) is 3.21. The molecule has 12 heteroatoms. The number of hydrogen-bond donors (Lipinski definition) is 2. The van der Waals surface area contributed by atoms with Crippen LogP contribution in [0, 0.1) is 0 Å². The summed E-state index contributed by atoms with van der Waals surface area (Å²) in [7, 11) is -2.90. The van der Waals surface area contributed by atoms with Crippen molar-refractivity contribution in [1.82, 2.24) is 4.98 Å². The van der Waals surface area contributed by atoms with Gasteiger partial charge in [0.1, 0.15) is 5.52 Å². The molecule has 0 saturated heterocycles. The molecule has 3 heterocycles. The lowest BCUT2D eigenvalue weighted by Gasteiger charge is -2.22. The lowest BCUT2D eigenvalue weighted by molar-refractivity contribution is -0.141. The predicted molar refractivity (Wildman–Crippen MR) is 94.2 cm³/mol. The maximum atomic E-state index is 13.6. The number of phosphoric acid groups is 1. The van der Waals surface area contributed by atoms with E-state index in [1.807, 2.05) is 6.92 Å². The number of fused-ring (bicyclic) bond motifs is 1. The molecule has 152 valence electrons. The summed E-state index contributed by atoms with van der Waals surface area (Å²) in [6.07, 6.45) is -3.41. The Balaban J connectivity index is 1.97. The van der Waals surface area contributed by atoms with Gasteiger partial charge in [0.2, 0.25) is 5.75 Å². The van der Waals surface area contributed by atoms with Gasteiger partial charge >= 0.3 is 14.0 Å². The largest absolute Gasteiger partial charge is 0.647 e. The SMILES string of the molecule is COc1cc(NC(C)CCCN)c2nc(C(F)(F)F)c3c4c2c1OP(=O)(O3)O4. The molecule has 2 aromatic rings. The summed E-state index contributed by atoms with van der Waals surface area (Å²) in [4.78, 5) is 3.77. The van der Waals surface area contributed by atoms with Crippen LogP contribution in [0.1, 0.15) is 25.5 Å². The average molecular weight is 419 g/mol. The Kier molecular flexibility index (Phi) is 4.27. The molecule has 3 N–H and O–H groups in total. The van der Waals surface area contributed by atoms with E-state index in [9.17, 15) is 17.7 Å². The standard InChI is InChI=1S/C16H17F3N3O5P/c1-7(4-3-5-20)21-8-6-9(24-2)12-10-11(8)22-15(16(17,18)19)14-13(10)26-28(23,25-12)27-14/h6-7,21H,3-5,20H2,1-2H3. The van der Waals surface area contributed by atoms with E-state index in [1.165, 1.54) is 13.2 Å². The average Bonchev–Trinajstić information content (AvgIpc) is 2.92. The van der Waals surface area contributed by atoms with E-state index in [0.717, 1.165) is 6.42 Å². The van der Waals surface area contributed by atoms with Gasteiger partial charge in [-0.3, -0.25) is 0 Å². The van der Waals surface area contributed by atoms with Gasteiger partial charge in [-0.2, -0.15) is 17.7 Å². The van der Waals surface area contributed by atoms with Gasteiger partial charge in [-0.1, -0.05) is 0 Å². The van der Waals surface area contributed by atoms with E-state index < -0.39 is 25.4 Å². The van der Waals surface area contributed by atoms with Crippen LogP contribution in [0.3, 0.4) is 0 Å². The lowest BCUT2D eigenvalue weighted by Crippen LogP contribution is -2.18. The number of phosphoric ester groups is 1. The van der Waals surface area contributed by atoms with Crippen LogP contribution in [-0.4, -0.2) is 24.7 Å². The van der Waals surface area contributed by atoms with Gasteiger partial charge in [0.25, 0.3) is 0 Å². The lowest BCUT2D eigenvalue weighted by atomic mass is 10.1. The first-order valence-corrected chi connectivity index (χ1v) is 9.94. The number of halogens is 3. The van der Waals surface area contributed by atoms with Gasteiger partial charge in [0.05, 0.1) is 18.2 Å². The highest BCUT2D eigenvalue weighted by Gasteiger charge is 2.53. The van der Waals surface area contributed by atoms with E-state index in [1.54, 1.807) is 0 Å². The summed E-state index contributed by atoms with van der Waals surface area (Å²) < 4.78 is 73.8. The monoisotopic (exact) mass is 419 g/mol. The number of hydrogen-bond acceptors (Lipinski definition) is 8. The molecule has 2 unspecified atom stereocenters. The van der Waals surface area contributed by atoms with E-state index in [-0.39, 0.29) is 34.2 Å². The van der Waals surface area contributed by atoms with Crippen LogP contribution < -0.4 is 29.4 Å². The van der Waals surface area contributed by atoms with Crippen LogP contribution in [0.25, 0.3) is 10.9 Å². The maximum Gasteiger partial charge on any atom is 0.647 e. The Morgan fingerprint density at radius 3 is 2.61 bits per heavy atom. The Morgan fingerprint density at radius 2 is 1.96 bits per heavy atom. The molecule has 2 bridgehead atoms. The third kappa shape index (κ3) is 2.89. The Hall–Kier alpha value is -2.39. The van der Waals surface area contributed by atoms with E-state index in [2.05, 4.69) is 10.3 Å². The molecule has 28 heavy (non-hydrogen) atoms. The van der Waals surface area contributed by atoms with Gasteiger partial charge in [0, 0.05) is 12.1 Å². The number of methoxy groups -OCH3 is 1. The smallest absolute Gasteiger partial charge is 0.493 e. The third-order valence-electron chi connectivity index (χ3n) is 4.43. The molecule has 2 atom stereocenters. The van der Waals surface area contributed by atoms with Crippen molar-refractivity contribution in [3.05, 3.63) is 11.8 Å². The van der Waals surface area contributed by atoms with Gasteiger partial charge in [0.15, 0.2) is 22.9 Å².